The molecular weight excluding hydrogens is 965 g/mol. The number of aromatic nitrogens is 2. The van der Waals surface area contributed by atoms with Crippen molar-refractivity contribution in [1.82, 2.24) is 29.6 Å². The summed E-state index contributed by atoms with van der Waals surface area (Å²) in [6.45, 7) is 4.38. The maximum absolute atomic E-state index is 13.8. The van der Waals surface area contributed by atoms with Crippen LogP contribution in [0.3, 0.4) is 0 Å². The highest BCUT2D eigenvalue weighted by atomic mass is 32.1. The summed E-state index contributed by atoms with van der Waals surface area (Å²) >= 11 is 1.57. The second-order valence-electron chi connectivity index (χ2n) is 19.2. The van der Waals surface area contributed by atoms with E-state index in [1.54, 1.807) is 47.7 Å². The standard InChI is InChI=1S/C55H60N8O10S/c1-33-39(14-7-16-41(33)58-51(67)45-30-36-10-4-5-17-44(36)74-45)42-31-61(3)55(71)49(57-42)56-37-20-18-35(19-21-37)48-54(70)62(25-24-60(48)2)26-29-72-27-9-13-38(64)32-73-28-8-12-34-11-6-15-40-47(34)53(69)63(52(40)68)43-22-23-46(65)59-50(43)66/h6-7,11,14-16,18-21,30-31,43,48H,4-5,8-10,12-13,17,22-29,32H2,1-3H3,(H,56,57)(H,58,67)(H,59,65,66)/t43?,48-/m1/s1. The Bertz CT molecular complexity index is 3050. The van der Waals surface area contributed by atoms with Crippen molar-refractivity contribution in [2.75, 3.05) is 63.7 Å². The minimum Gasteiger partial charge on any atom is -0.380 e. The Hall–Kier alpha value is -7.19. The first-order valence-corrected chi connectivity index (χ1v) is 26.0. The summed E-state index contributed by atoms with van der Waals surface area (Å²) in [6, 6.07) is 18.5. The number of amides is 6. The predicted octanol–water partition coefficient (Wildman–Crippen LogP) is 5.92. The van der Waals surface area contributed by atoms with Crippen LogP contribution in [0.4, 0.5) is 17.2 Å². The smallest absolute Gasteiger partial charge is 0.293 e. The summed E-state index contributed by atoms with van der Waals surface area (Å²) < 4.78 is 12.9. The lowest BCUT2D eigenvalue weighted by atomic mass is 9.99. The molecule has 5 aromatic rings. The molecule has 3 N–H and O–H groups in total. The summed E-state index contributed by atoms with van der Waals surface area (Å²) in [5.74, 6) is -2.33. The third-order valence-electron chi connectivity index (χ3n) is 14.1. The molecule has 1 aliphatic carbocycles. The van der Waals surface area contributed by atoms with E-state index in [2.05, 4.69) is 16.0 Å². The normalized spacial score (nSPS) is 17.9. The van der Waals surface area contributed by atoms with Gasteiger partial charge in [0, 0.05) is 80.7 Å². The highest BCUT2D eigenvalue weighted by Crippen LogP contribution is 2.34. The number of carbonyl (C=O) groups is 7. The van der Waals surface area contributed by atoms with E-state index in [-0.39, 0.29) is 72.6 Å². The number of likely N-dealkylation sites (N-methyl/N-ethyl adjacent to an activating group) is 1. The average molecular weight is 1030 g/mol. The Balaban J connectivity index is 0.701. The number of ether oxygens (including phenoxy) is 2. The third-order valence-corrected chi connectivity index (χ3v) is 15.4. The number of nitrogens with zero attached hydrogens (tertiary/aromatic N) is 5. The van der Waals surface area contributed by atoms with Crippen LogP contribution in [0, 0.1) is 6.92 Å². The van der Waals surface area contributed by atoms with E-state index < -0.39 is 35.7 Å². The number of piperazine rings is 1. The maximum atomic E-state index is 13.8. The van der Waals surface area contributed by atoms with E-state index in [0.717, 1.165) is 47.3 Å². The van der Waals surface area contributed by atoms with Crippen molar-refractivity contribution < 1.29 is 43.0 Å². The Kier molecular flexibility index (Phi) is 16.0. The Morgan fingerprint density at radius 1 is 0.851 bits per heavy atom. The number of hydrogen-bond acceptors (Lipinski definition) is 14. The van der Waals surface area contributed by atoms with Gasteiger partial charge < -0.3 is 29.6 Å². The van der Waals surface area contributed by atoms with Crippen LogP contribution in [0.5, 0.6) is 0 Å². The number of benzene rings is 3. The second kappa shape index (κ2) is 22.9. The van der Waals surface area contributed by atoms with Gasteiger partial charge in [-0.3, -0.25) is 53.5 Å². The van der Waals surface area contributed by atoms with Crippen molar-refractivity contribution in [3.8, 4) is 11.3 Å². The summed E-state index contributed by atoms with van der Waals surface area (Å²) in [5.41, 5.74) is 6.36. The lowest BCUT2D eigenvalue weighted by molar-refractivity contribution is -0.142. The van der Waals surface area contributed by atoms with Crippen LogP contribution in [0.1, 0.15) is 109 Å². The maximum Gasteiger partial charge on any atom is 0.293 e. The van der Waals surface area contributed by atoms with Gasteiger partial charge in [-0.25, -0.2) is 4.98 Å². The molecule has 5 heterocycles. The SMILES string of the molecule is Cc1c(NC(=O)c2cc3c(s2)CCCC3)cccc1-c1cn(C)c(=O)c(Nc2ccc([C@@H]3C(=O)N(CCOCCCC(=O)COCCCc4cccc5c4C(=O)N(C4CCC(=O)NC4=O)C5=O)CCN3C)cc2)n1. The molecule has 2 atom stereocenters. The van der Waals surface area contributed by atoms with Crippen molar-refractivity contribution in [2.24, 2.45) is 7.05 Å². The van der Waals surface area contributed by atoms with Crippen LogP contribution in [-0.4, -0.2) is 125 Å². The molecule has 18 nitrogen and oxygen atoms in total. The molecule has 0 spiro atoms. The molecule has 0 radical (unpaired) electrons. The predicted molar refractivity (Wildman–Crippen MR) is 278 cm³/mol. The van der Waals surface area contributed by atoms with Crippen molar-refractivity contribution in [2.45, 2.75) is 83.2 Å². The van der Waals surface area contributed by atoms with E-state index in [1.807, 2.05) is 67.4 Å². The second-order valence-corrected chi connectivity index (χ2v) is 20.4. The summed E-state index contributed by atoms with van der Waals surface area (Å²) in [6.07, 6.45) is 7.82. The van der Waals surface area contributed by atoms with E-state index in [0.29, 0.717) is 79.6 Å². The van der Waals surface area contributed by atoms with E-state index in [1.165, 1.54) is 15.0 Å². The number of rotatable bonds is 20. The molecule has 6 amide bonds. The molecule has 9 rings (SSSR count). The summed E-state index contributed by atoms with van der Waals surface area (Å²) in [7, 11) is 3.59. The number of fused-ring (bicyclic) bond motifs is 2. The number of Topliss-reactive ketones (excluding diaryl/α,β-unsaturated/α-hetero) is 1. The van der Waals surface area contributed by atoms with Gasteiger partial charge in [0.25, 0.3) is 23.3 Å². The summed E-state index contributed by atoms with van der Waals surface area (Å²) in [5, 5.41) is 8.49. The number of anilines is 3. The third kappa shape index (κ3) is 11.3. The van der Waals surface area contributed by atoms with Crippen LogP contribution in [0.2, 0.25) is 0 Å². The van der Waals surface area contributed by atoms with Gasteiger partial charge in [0.15, 0.2) is 11.6 Å². The molecule has 4 aliphatic rings. The number of imide groups is 2. The number of thiophene rings is 1. The van der Waals surface area contributed by atoms with Crippen molar-refractivity contribution in [3.05, 3.63) is 126 Å². The van der Waals surface area contributed by atoms with Crippen molar-refractivity contribution in [1.29, 1.82) is 0 Å². The molecule has 2 saturated heterocycles. The zero-order valence-corrected chi connectivity index (χ0v) is 42.6. The minimum atomic E-state index is -1.03. The minimum absolute atomic E-state index is 0.0447. The zero-order valence-electron chi connectivity index (χ0n) is 41.8. The molecule has 3 aromatic carbocycles. The van der Waals surface area contributed by atoms with E-state index in [9.17, 15) is 38.4 Å². The largest absolute Gasteiger partial charge is 0.380 e. The molecule has 386 valence electrons. The fraction of sp³-hybridized carbons (Fsp3) is 0.400. The van der Waals surface area contributed by atoms with Gasteiger partial charge in [-0.15, -0.1) is 11.3 Å². The number of aryl methyl sites for hydroxylation is 4. The molecule has 0 saturated carbocycles. The lowest BCUT2D eigenvalue weighted by Gasteiger charge is -2.39. The zero-order chi connectivity index (χ0) is 52.0. The number of ketones is 1. The fourth-order valence-electron chi connectivity index (χ4n) is 10.1. The van der Waals surface area contributed by atoms with Gasteiger partial charge in [-0.1, -0.05) is 36.4 Å². The Morgan fingerprint density at radius 2 is 1.62 bits per heavy atom. The average Bonchev–Trinajstić information content (AvgIpc) is 3.94. The number of nitrogens with one attached hydrogen (secondary N) is 3. The molecule has 2 fully saturated rings. The quantitative estimate of drug-likeness (QED) is 0.0610. The molecule has 19 heteroatoms. The molecule has 3 aliphatic heterocycles. The first-order valence-electron chi connectivity index (χ1n) is 25.2. The molecule has 74 heavy (non-hydrogen) atoms. The van der Waals surface area contributed by atoms with Crippen molar-refractivity contribution >= 4 is 69.8 Å². The van der Waals surface area contributed by atoms with E-state index >= 15 is 0 Å². The highest BCUT2D eigenvalue weighted by molar-refractivity contribution is 7.14. The fourth-order valence-corrected chi connectivity index (χ4v) is 11.2. The molecular formula is C55H60N8O10S. The van der Waals surface area contributed by atoms with Gasteiger partial charge >= 0.3 is 0 Å². The molecule has 1 unspecified atom stereocenters. The topological polar surface area (TPSA) is 219 Å². The Labute approximate surface area is 432 Å². The van der Waals surface area contributed by atoms with Crippen LogP contribution < -0.4 is 21.5 Å². The van der Waals surface area contributed by atoms with Gasteiger partial charge in [-0.05, 0) is 118 Å². The molecule has 0 bridgehead atoms. The van der Waals surface area contributed by atoms with Crippen LogP contribution in [0.15, 0.2) is 77.7 Å². The van der Waals surface area contributed by atoms with Gasteiger partial charge in [0.1, 0.15) is 18.7 Å². The first-order chi connectivity index (χ1) is 35.7. The van der Waals surface area contributed by atoms with Gasteiger partial charge in [-0.2, -0.15) is 0 Å². The van der Waals surface area contributed by atoms with Crippen LogP contribution >= 0.6 is 11.3 Å². The summed E-state index contributed by atoms with van der Waals surface area (Å²) in [4.78, 5) is 115. The van der Waals surface area contributed by atoms with Gasteiger partial charge in [0.05, 0.1) is 28.3 Å². The number of carbonyl (C=O) groups excluding carboxylic acids is 7. The Morgan fingerprint density at radius 3 is 2.42 bits per heavy atom. The number of piperidine rings is 1. The molecule has 2 aromatic heterocycles. The monoisotopic (exact) mass is 1020 g/mol. The number of hydrogen-bond donors (Lipinski definition) is 3. The lowest BCUT2D eigenvalue weighted by Crippen LogP contribution is -2.54. The van der Waals surface area contributed by atoms with Gasteiger partial charge in [0.2, 0.25) is 17.7 Å². The van der Waals surface area contributed by atoms with Crippen molar-refractivity contribution in [3.63, 3.8) is 0 Å². The first kappa shape index (κ1) is 51.7. The van der Waals surface area contributed by atoms with Crippen LogP contribution in [-0.2, 0) is 55.0 Å². The highest BCUT2D eigenvalue weighted by Gasteiger charge is 2.45. The van der Waals surface area contributed by atoms with Crippen LogP contribution in [0.25, 0.3) is 11.3 Å². The van der Waals surface area contributed by atoms with E-state index in [4.69, 9.17) is 14.5 Å².